The third-order valence-electron chi connectivity index (χ3n) is 3.24. The number of alkyl halides is 3. The minimum absolute atomic E-state index is 0.259. The average molecular weight is 355 g/mol. The van der Waals surface area contributed by atoms with Crippen LogP contribution in [0.1, 0.15) is 29.8 Å². The van der Waals surface area contributed by atoms with Crippen molar-refractivity contribution in [2.45, 2.75) is 20.0 Å². The second-order valence-corrected chi connectivity index (χ2v) is 5.85. The first-order chi connectivity index (χ1) is 11.7. The molecule has 2 aromatic carbocycles. The number of carbonyl (C=O) groups excluding carboxylic acids is 1. The molecule has 1 amide bonds. The molecule has 3 nitrogen and oxygen atoms in total. The molecule has 0 aliphatic carbocycles. The maximum Gasteiger partial charge on any atom is 0.419 e. The van der Waals surface area contributed by atoms with Gasteiger partial charge in [0.1, 0.15) is 11.6 Å². The molecule has 0 unspecified atom stereocenters. The van der Waals surface area contributed by atoms with Crippen molar-refractivity contribution >= 4 is 11.6 Å². The summed E-state index contributed by atoms with van der Waals surface area (Å²) >= 11 is 0. The summed E-state index contributed by atoms with van der Waals surface area (Å²) in [6.45, 7) is 4.33. The molecular formula is C18H17F4NO2. The fraction of sp³-hybridized carbons (Fsp3) is 0.278. The summed E-state index contributed by atoms with van der Waals surface area (Å²) < 4.78 is 57.2. The Bertz CT molecular complexity index is 757. The van der Waals surface area contributed by atoms with Crippen molar-refractivity contribution in [3.05, 3.63) is 59.4 Å². The summed E-state index contributed by atoms with van der Waals surface area (Å²) in [7, 11) is 0. The Morgan fingerprint density at radius 3 is 2.48 bits per heavy atom. The highest BCUT2D eigenvalue weighted by Gasteiger charge is 2.34. The summed E-state index contributed by atoms with van der Waals surface area (Å²) in [6, 6.07) is 8.69. The lowest BCUT2D eigenvalue weighted by Crippen LogP contribution is -2.16. The number of amides is 1. The number of ether oxygens (including phenoxy) is 1. The highest BCUT2D eigenvalue weighted by atomic mass is 19.4. The largest absolute Gasteiger partial charge is 0.491 e. The minimum Gasteiger partial charge on any atom is -0.491 e. The molecule has 2 aromatic rings. The predicted molar refractivity (Wildman–Crippen MR) is 86.1 cm³/mol. The van der Waals surface area contributed by atoms with Crippen molar-refractivity contribution in [3.63, 3.8) is 0 Å². The Labute approximate surface area is 142 Å². The van der Waals surface area contributed by atoms with Crippen LogP contribution in [0.4, 0.5) is 23.2 Å². The van der Waals surface area contributed by atoms with Crippen molar-refractivity contribution in [3.8, 4) is 5.75 Å². The van der Waals surface area contributed by atoms with Crippen LogP contribution in [0.2, 0.25) is 0 Å². The zero-order valence-corrected chi connectivity index (χ0v) is 13.7. The number of anilines is 1. The molecule has 134 valence electrons. The van der Waals surface area contributed by atoms with E-state index in [4.69, 9.17) is 4.74 Å². The molecule has 0 fully saturated rings. The van der Waals surface area contributed by atoms with E-state index in [0.29, 0.717) is 30.2 Å². The quantitative estimate of drug-likeness (QED) is 0.755. The Morgan fingerprint density at radius 1 is 1.16 bits per heavy atom. The molecule has 0 aliphatic rings. The van der Waals surface area contributed by atoms with Gasteiger partial charge in [0.25, 0.3) is 5.91 Å². The van der Waals surface area contributed by atoms with Gasteiger partial charge in [-0.3, -0.25) is 4.79 Å². The smallest absolute Gasteiger partial charge is 0.419 e. The Kier molecular flexibility index (Phi) is 5.66. The highest BCUT2D eigenvalue weighted by Crippen LogP contribution is 2.32. The third kappa shape index (κ3) is 4.95. The van der Waals surface area contributed by atoms with E-state index >= 15 is 0 Å². The van der Waals surface area contributed by atoms with Gasteiger partial charge in [0.15, 0.2) is 0 Å². The number of rotatable bonds is 5. The maximum absolute atomic E-state index is 13.3. The van der Waals surface area contributed by atoms with Crippen molar-refractivity contribution < 1.29 is 27.1 Å². The van der Waals surface area contributed by atoms with Gasteiger partial charge in [-0.1, -0.05) is 26.0 Å². The topological polar surface area (TPSA) is 38.3 Å². The van der Waals surface area contributed by atoms with Crippen LogP contribution in [0.3, 0.4) is 0 Å². The zero-order chi connectivity index (χ0) is 18.6. The maximum atomic E-state index is 13.3. The molecule has 0 saturated heterocycles. The molecule has 0 aromatic heterocycles. The van der Waals surface area contributed by atoms with E-state index in [1.807, 2.05) is 13.8 Å². The van der Waals surface area contributed by atoms with E-state index in [2.05, 4.69) is 5.32 Å². The first kappa shape index (κ1) is 18.8. The second kappa shape index (κ2) is 7.55. The monoisotopic (exact) mass is 355 g/mol. The van der Waals surface area contributed by atoms with Crippen LogP contribution in [0.25, 0.3) is 0 Å². The van der Waals surface area contributed by atoms with Gasteiger partial charge < -0.3 is 10.1 Å². The van der Waals surface area contributed by atoms with Crippen LogP contribution in [-0.2, 0) is 6.18 Å². The normalized spacial score (nSPS) is 11.5. The number of carbonyl (C=O) groups is 1. The van der Waals surface area contributed by atoms with Gasteiger partial charge in [-0.25, -0.2) is 4.39 Å². The van der Waals surface area contributed by atoms with Gasteiger partial charge in [-0.15, -0.1) is 0 Å². The van der Waals surface area contributed by atoms with Crippen LogP contribution in [0.5, 0.6) is 5.75 Å². The van der Waals surface area contributed by atoms with Crippen LogP contribution in [0.15, 0.2) is 42.5 Å². The zero-order valence-electron chi connectivity index (χ0n) is 13.7. The Balaban J connectivity index is 2.23. The lowest BCUT2D eigenvalue weighted by molar-refractivity contribution is -0.140. The van der Waals surface area contributed by atoms with Gasteiger partial charge in [-0.05, 0) is 36.2 Å². The fourth-order valence-corrected chi connectivity index (χ4v) is 2.03. The average Bonchev–Trinajstić information content (AvgIpc) is 2.53. The molecule has 0 bridgehead atoms. The Morgan fingerprint density at radius 2 is 1.84 bits per heavy atom. The number of hydrogen-bond acceptors (Lipinski definition) is 2. The van der Waals surface area contributed by atoms with E-state index in [0.717, 1.165) is 6.07 Å². The van der Waals surface area contributed by atoms with Crippen molar-refractivity contribution in [1.29, 1.82) is 0 Å². The number of benzene rings is 2. The molecule has 1 N–H and O–H groups in total. The molecule has 0 radical (unpaired) electrons. The lowest BCUT2D eigenvalue weighted by Gasteiger charge is -2.14. The summed E-state index contributed by atoms with van der Waals surface area (Å²) in [5, 5.41) is 2.49. The Hall–Kier alpha value is -2.57. The molecule has 0 heterocycles. The first-order valence-corrected chi connectivity index (χ1v) is 7.58. The lowest BCUT2D eigenvalue weighted by atomic mass is 10.1. The van der Waals surface area contributed by atoms with Gasteiger partial charge in [-0.2, -0.15) is 13.2 Å². The SMILES string of the molecule is CC(C)COc1ccccc1NC(=O)c1ccc(F)c(C(F)(F)F)c1. The van der Waals surface area contributed by atoms with E-state index in [9.17, 15) is 22.4 Å². The number of nitrogens with one attached hydrogen (secondary N) is 1. The molecule has 7 heteroatoms. The van der Waals surface area contributed by atoms with Gasteiger partial charge >= 0.3 is 6.18 Å². The number of para-hydroxylation sites is 2. The standard InChI is InChI=1S/C18H17F4NO2/c1-11(2)10-25-16-6-4-3-5-15(16)23-17(24)12-7-8-14(19)13(9-12)18(20,21)22/h3-9,11H,10H2,1-2H3,(H,23,24). The molecular weight excluding hydrogens is 338 g/mol. The second-order valence-electron chi connectivity index (χ2n) is 5.85. The van der Waals surface area contributed by atoms with E-state index < -0.39 is 23.5 Å². The van der Waals surface area contributed by atoms with Crippen molar-refractivity contribution in [1.82, 2.24) is 0 Å². The number of halogens is 4. The highest BCUT2D eigenvalue weighted by molar-refractivity contribution is 6.05. The van der Waals surface area contributed by atoms with Crippen molar-refractivity contribution in [2.24, 2.45) is 5.92 Å². The van der Waals surface area contributed by atoms with Gasteiger partial charge in [0.05, 0.1) is 17.9 Å². The summed E-state index contributed by atoms with van der Waals surface area (Å²) in [5.74, 6) is -1.55. The van der Waals surface area contributed by atoms with Crippen molar-refractivity contribution in [2.75, 3.05) is 11.9 Å². The molecule has 0 spiro atoms. The molecule has 2 rings (SSSR count). The van der Waals surface area contributed by atoms with Crippen LogP contribution >= 0.6 is 0 Å². The summed E-state index contributed by atoms with van der Waals surface area (Å²) in [5.41, 5.74) is -1.46. The van der Waals surface area contributed by atoms with Crippen LogP contribution in [0, 0.1) is 11.7 Å². The van der Waals surface area contributed by atoms with E-state index in [1.54, 1.807) is 24.3 Å². The molecule has 25 heavy (non-hydrogen) atoms. The third-order valence-corrected chi connectivity index (χ3v) is 3.24. The molecule has 0 saturated carbocycles. The van der Waals surface area contributed by atoms with Crippen LogP contribution < -0.4 is 10.1 Å². The molecule has 0 atom stereocenters. The van der Waals surface area contributed by atoms with E-state index in [-0.39, 0.29) is 11.5 Å². The first-order valence-electron chi connectivity index (χ1n) is 7.58. The van der Waals surface area contributed by atoms with Gasteiger partial charge in [0.2, 0.25) is 0 Å². The minimum atomic E-state index is -4.88. The summed E-state index contributed by atoms with van der Waals surface area (Å²) in [4.78, 5) is 12.2. The van der Waals surface area contributed by atoms with Crippen LogP contribution in [-0.4, -0.2) is 12.5 Å². The molecule has 0 aliphatic heterocycles. The summed E-state index contributed by atoms with van der Waals surface area (Å²) in [6.07, 6.45) is -4.88. The number of hydrogen-bond donors (Lipinski definition) is 1. The van der Waals surface area contributed by atoms with Gasteiger partial charge in [0, 0.05) is 5.56 Å². The van der Waals surface area contributed by atoms with E-state index in [1.165, 1.54) is 0 Å². The predicted octanol–water partition coefficient (Wildman–Crippen LogP) is 5.13. The fourth-order valence-electron chi connectivity index (χ4n) is 2.03.